The molecule has 2 aliphatic rings. The molecule has 4 heteroatoms. The minimum atomic E-state index is -0.123. The van der Waals surface area contributed by atoms with Gasteiger partial charge in [0.1, 0.15) is 0 Å². The zero-order valence-electron chi connectivity index (χ0n) is 13.3. The molecule has 3 N–H and O–H groups in total. The highest BCUT2D eigenvalue weighted by atomic mass is 15.3. The molecule has 0 bridgehead atoms. The highest BCUT2D eigenvalue weighted by molar-refractivity contribution is 5.82. The maximum absolute atomic E-state index is 7.59. The molecule has 2 saturated heterocycles. The van der Waals surface area contributed by atoms with Crippen LogP contribution in [-0.2, 0) is 0 Å². The summed E-state index contributed by atoms with van der Waals surface area (Å²) < 4.78 is 0. The number of piperazine rings is 1. The van der Waals surface area contributed by atoms with Crippen molar-refractivity contribution in [3.8, 4) is 0 Å². The van der Waals surface area contributed by atoms with Gasteiger partial charge < -0.3 is 10.6 Å². The Morgan fingerprint density at radius 1 is 1.20 bits per heavy atom. The van der Waals surface area contributed by atoms with Crippen molar-refractivity contribution in [1.29, 1.82) is 5.41 Å². The highest BCUT2D eigenvalue weighted by Gasteiger charge is 2.28. The molecule has 2 heterocycles. The highest BCUT2D eigenvalue weighted by Crippen LogP contribution is 2.24. The van der Waals surface area contributed by atoms with Crippen molar-refractivity contribution in [3.63, 3.8) is 0 Å². The first-order chi connectivity index (χ1) is 9.49. The smallest absolute Gasteiger partial charge is 0.0963 e. The third-order valence-electron chi connectivity index (χ3n) is 5.18. The predicted molar refractivity (Wildman–Crippen MR) is 85.2 cm³/mol. The van der Waals surface area contributed by atoms with Crippen LogP contribution >= 0.6 is 0 Å². The van der Waals surface area contributed by atoms with Gasteiger partial charge in [0, 0.05) is 31.1 Å². The molecule has 0 spiro atoms. The number of nitrogens with two attached hydrogens (primary N) is 1. The molecule has 2 aliphatic heterocycles. The summed E-state index contributed by atoms with van der Waals surface area (Å²) in [6, 6.07) is 0.825. The van der Waals surface area contributed by atoms with Crippen LogP contribution in [0.4, 0.5) is 0 Å². The van der Waals surface area contributed by atoms with Gasteiger partial charge >= 0.3 is 0 Å². The predicted octanol–water partition coefficient (Wildman–Crippen LogP) is 2.29. The molecule has 20 heavy (non-hydrogen) atoms. The number of nitrogens with zero attached hydrogens (tertiary/aromatic N) is 2. The van der Waals surface area contributed by atoms with E-state index in [2.05, 4.69) is 23.6 Å². The molecule has 0 aromatic rings. The van der Waals surface area contributed by atoms with E-state index in [0.29, 0.717) is 5.84 Å². The SMILES string of the molecule is CC(C)(CCCCN1CCN2CCCCC2C1)C(=N)N. The third kappa shape index (κ3) is 4.19. The number of rotatable bonds is 6. The fourth-order valence-electron chi connectivity index (χ4n) is 3.46. The van der Waals surface area contributed by atoms with Gasteiger partial charge in [-0.1, -0.05) is 26.7 Å². The molecule has 4 nitrogen and oxygen atoms in total. The Kier molecular flexibility index (Phi) is 5.44. The average Bonchev–Trinajstić information content (AvgIpc) is 2.43. The van der Waals surface area contributed by atoms with Crippen LogP contribution in [0.3, 0.4) is 0 Å². The molecule has 0 aromatic heterocycles. The number of fused-ring (bicyclic) bond motifs is 1. The first kappa shape index (κ1) is 15.8. The summed E-state index contributed by atoms with van der Waals surface area (Å²) in [5.74, 6) is 0.327. The average molecular weight is 280 g/mol. The minimum absolute atomic E-state index is 0.123. The number of amidine groups is 1. The molecule has 1 atom stereocenters. The molecule has 0 aromatic carbocycles. The van der Waals surface area contributed by atoms with E-state index in [1.807, 2.05) is 0 Å². The van der Waals surface area contributed by atoms with E-state index in [-0.39, 0.29) is 5.41 Å². The van der Waals surface area contributed by atoms with Gasteiger partial charge in [-0.05, 0) is 38.8 Å². The Morgan fingerprint density at radius 3 is 2.75 bits per heavy atom. The van der Waals surface area contributed by atoms with Crippen molar-refractivity contribution in [2.24, 2.45) is 11.1 Å². The van der Waals surface area contributed by atoms with Gasteiger partial charge in [-0.15, -0.1) is 0 Å². The monoisotopic (exact) mass is 280 g/mol. The topological polar surface area (TPSA) is 56.4 Å². The Hall–Kier alpha value is -0.610. The van der Waals surface area contributed by atoms with Gasteiger partial charge in [-0.3, -0.25) is 10.3 Å². The summed E-state index contributed by atoms with van der Waals surface area (Å²) in [6.45, 7) is 10.5. The minimum Gasteiger partial charge on any atom is -0.387 e. The van der Waals surface area contributed by atoms with Crippen molar-refractivity contribution in [1.82, 2.24) is 9.80 Å². The second-order valence-electron chi connectivity index (χ2n) is 7.24. The van der Waals surface area contributed by atoms with Gasteiger partial charge in [0.15, 0.2) is 0 Å². The van der Waals surface area contributed by atoms with E-state index in [4.69, 9.17) is 11.1 Å². The van der Waals surface area contributed by atoms with Crippen LogP contribution in [0, 0.1) is 10.8 Å². The largest absolute Gasteiger partial charge is 0.387 e. The lowest BCUT2D eigenvalue weighted by atomic mass is 9.86. The lowest BCUT2D eigenvalue weighted by Crippen LogP contribution is -2.54. The van der Waals surface area contributed by atoms with Gasteiger partial charge in [-0.2, -0.15) is 0 Å². The molecule has 1 unspecified atom stereocenters. The summed E-state index contributed by atoms with van der Waals surface area (Å²) in [6.07, 6.45) is 7.67. The number of unbranched alkanes of at least 4 members (excludes halogenated alkanes) is 1. The maximum atomic E-state index is 7.59. The molecule has 0 radical (unpaired) electrons. The molecule has 0 aliphatic carbocycles. The standard InChI is InChI=1S/C16H32N4/c1-16(2,15(17)18)8-4-6-9-19-11-12-20-10-5-3-7-14(20)13-19/h14H,3-13H2,1-2H3,(H3,17,18). The Labute approximate surface area is 124 Å². The summed E-state index contributed by atoms with van der Waals surface area (Å²) in [5.41, 5.74) is 5.51. The quantitative estimate of drug-likeness (QED) is 0.446. The zero-order chi connectivity index (χ0) is 14.6. The summed E-state index contributed by atoms with van der Waals surface area (Å²) >= 11 is 0. The van der Waals surface area contributed by atoms with Crippen LogP contribution in [0.5, 0.6) is 0 Å². The zero-order valence-corrected chi connectivity index (χ0v) is 13.3. The van der Waals surface area contributed by atoms with E-state index >= 15 is 0 Å². The number of piperidine rings is 1. The molecule has 0 amide bonds. The van der Waals surface area contributed by atoms with Crippen molar-refractivity contribution in [3.05, 3.63) is 0 Å². The molecule has 2 rings (SSSR count). The fourth-order valence-corrected chi connectivity index (χ4v) is 3.46. The third-order valence-corrected chi connectivity index (χ3v) is 5.18. The van der Waals surface area contributed by atoms with E-state index < -0.39 is 0 Å². The van der Waals surface area contributed by atoms with E-state index in [1.54, 1.807) is 0 Å². The number of hydrogen-bond acceptors (Lipinski definition) is 3. The van der Waals surface area contributed by atoms with E-state index in [9.17, 15) is 0 Å². The summed E-state index contributed by atoms with van der Waals surface area (Å²) in [7, 11) is 0. The molecule has 0 saturated carbocycles. The van der Waals surface area contributed by atoms with E-state index in [0.717, 1.165) is 12.5 Å². The van der Waals surface area contributed by atoms with Gasteiger partial charge in [0.05, 0.1) is 5.84 Å². The Morgan fingerprint density at radius 2 is 2.00 bits per heavy atom. The lowest BCUT2D eigenvalue weighted by molar-refractivity contribution is 0.0484. The first-order valence-electron chi connectivity index (χ1n) is 8.30. The van der Waals surface area contributed by atoms with E-state index in [1.165, 1.54) is 64.8 Å². The van der Waals surface area contributed by atoms with Crippen LogP contribution in [0.25, 0.3) is 0 Å². The normalized spacial score (nSPS) is 25.4. The fraction of sp³-hybridized carbons (Fsp3) is 0.938. The summed E-state index contributed by atoms with van der Waals surface area (Å²) in [5, 5.41) is 7.59. The summed E-state index contributed by atoms with van der Waals surface area (Å²) in [4.78, 5) is 5.34. The Balaban J connectivity index is 1.64. The van der Waals surface area contributed by atoms with Crippen molar-refractivity contribution in [2.45, 2.75) is 58.4 Å². The second kappa shape index (κ2) is 6.90. The van der Waals surface area contributed by atoms with Crippen LogP contribution in [0.1, 0.15) is 52.4 Å². The van der Waals surface area contributed by atoms with Gasteiger partial charge in [-0.25, -0.2) is 0 Å². The molecular weight excluding hydrogens is 248 g/mol. The van der Waals surface area contributed by atoms with Crippen LogP contribution in [0.15, 0.2) is 0 Å². The Bertz CT molecular complexity index is 326. The van der Waals surface area contributed by atoms with Crippen molar-refractivity contribution >= 4 is 5.84 Å². The van der Waals surface area contributed by atoms with Crippen LogP contribution < -0.4 is 5.73 Å². The maximum Gasteiger partial charge on any atom is 0.0963 e. The van der Waals surface area contributed by atoms with Crippen molar-refractivity contribution < 1.29 is 0 Å². The lowest BCUT2D eigenvalue weighted by Gasteiger charge is -2.44. The van der Waals surface area contributed by atoms with Crippen LogP contribution in [-0.4, -0.2) is 54.4 Å². The first-order valence-corrected chi connectivity index (χ1v) is 8.30. The number of nitrogens with one attached hydrogen (secondary N) is 1. The van der Waals surface area contributed by atoms with Gasteiger partial charge in [0.2, 0.25) is 0 Å². The molecule has 116 valence electrons. The van der Waals surface area contributed by atoms with Crippen LogP contribution in [0.2, 0.25) is 0 Å². The van der Waals surface area contributed by atoms with Gasteiger partial charge in [0.25, 0.3) is 0 Å². The molecule has 2 fully saturated rings. The second-order valence-corrected chi connectivity index (χ2v) is 7.24. The number of hydrogen-bond donors (Lipinski definition) is 2. The van der Waals surface area contributed by atoms with Crippen molar-refractivity contribution in [2.75, 3.05) is 32.7 Å². The molecular formula is C16H32N4.